The molecule has 0 spiro atoms. The molecule has 0 saturated carbocycles. The Morgan fingerprint density at radius 2 is 2.03 bits per heavy atom. The van der Waals surface area contributed by atoms with Crippen LogP contribution in [0.25, 0.3) is 0 Å². The monoisotopic (exact) mass is 494 g/mol. The van der Waals surface area contributed by atoms with E-state index in [4.69, 9.17) is 10.5 Å². The first-order valence-electron chi connectivity index (χ1n) is 10.4. The molecule has 8 nitrogen and oxygen atoms in total. The van der Waals surface area contributed by atoms with E-state index in [0.717, 1.165) is 27.8 Å². The fourth-order valence-electron chi connectivity index (χ4n) is 3.90. The van der Waals surface area contributed by atoms with Gasteiger partial charge in [-0.2, -0.15) is 5.26 Å². The highest BCUT2D eigenvalue weighted by molar-refractivity contribution is 8.04. The Kier molecular flexibility index (Phi) is 6.50. The van der Waals surface area contributed by atoms with E-state index in [1.54, 1.807) is 6.07 Å². The van der Waals surface area contributed by atoms with Crippen molar-refractivity contribution in [2.45, 2.75) is 31.4 Å². The van der Waals surface area contributed by atoms with Crippen molar-refractivity contribution in [3.05, 3.63) is 73.7 Å². The van der Waals surface area contributed by atoms with Gasteiger partial charge in [-0.1, -0.05) is 23.9 Å². The predicted molar refractivity (Wildman–Crippen MR) is 130 cm³/mol. The summed E-state index contributed by atoms with van der Waals surface area (Å²) in [5.41, 5.74) is 9.37. The van der Waals surface area contributed by atoms with Gasteiger partial charge < -0.3 is 15.8 Å². The average Bonchev–Trinajstić information content (AvgIpc) is 3.44. The number of esters is 1. The van der Waals surface area contributed by atoms with Crippen LogP contribution in [0.5, 0.6) is 0 Å². The molecule has 1 saturated heterocycles. The second kappa shape index (κ2) is 9.37. The van der Waals surface area contributed by atoms with Crippen molar-refractivity contribution in [1.29, 1.82) is 5.26 Å². The van der Waals surface area contributed by atoms with Gasteiger partial charge in [0.2, 0.25) is 5.91 Å². The first kappa shape index (κ1) is 23.6. The second-order valence-corrected chi connectivity index (χ2v) is 10.1. The van der Waals surface area contributed by atoms with Gasteiger partial charge in [0.25, 0.3) is 5.91 Å². The van der Waals surface area contributed by atoms with Gasteiger partial charge in [0.05, 0.1) is 41.7 Å². The number of ether oxygens (including phenoxy) is 1. The third kappa shape index (κ3) is 4.08. The Bertz CT molecular complexity index is 1290. The number of benzene rings is 1. The number of nitriles is 1. The van der Waals surface area contributed by atoms with Gasteiger partial charge in [0, 0.05) is 10.6 Å². The van der Waals surface area contributed by atoms with E-state index < -0.39 is 29.0 Å². The number of hydrogen-bond acceptors (Lipinski definition) is 8. The molecule has 1 fully saturated rings. The van der Waals surface area contributed by atoms with Crippen molar-refractivity contribution in [2.75, 3.05) is 12.4 Å². The van der Waals surface area contributed by atoms with Gasteiger partial charge in [0.15, 0.2) is 0 Å². The van der Waals surface area contributed by atoms with Crippen molar-refractivity contribution in [2.24, 2.45) is 5.73 Å². The number of thioether (sulfide) groups is 1. The molecule has 0 aliphatic carbocycles. The predicted octanol–water partition coefficient (Wildman–Crippen LogP) is 3.51. The number of amides is 2. The number of nitrogens with two attached hydrogens (primary N) is 1. The zero-order valence-electron chi connectivity index (χ0n) is 18.7. The Hall–Kier alpha value is -3.55. The second-order valence-electron chi connectivity index (χ2n) is 7.89. The lowest BCUT2D eigenvalue weighted by atomic mass is 9.87. The van der Waals surface area contributed by atoms with Crippen molar-refractivity contribution in [3.8, 4) is 6.07 Å². The van der Waals surface area contributed by atoms with Crippen LogP contribution >= 0.6 is 23.1 Å². The molecule has 0 unspecified atom stereocenters. The van der Waals surface area contributed by atoms with Crippen molar-refractivity contribution in [3.63, 3.8) is 0 Å². The fourth-order valence-corrected chi connectivity index (χ4v) is 6.07. The largest absolute Gasteiger partial charge is 0.469 e. The molecular formula is C24H22N4O4S2. The van der Waals surface area contributed by atoms with Gasteiger partial charge in [-0.25, -0.2) is 0 Å². The van der Waals surface area contributed by atoms with E-state index in [0.29, 0.717) is 10.7 Å². The highest BCUT2D eigenvalue weighted by atomic mass is 32.2. The van der Waals surface area contributed by atoms with E-state index in [1.165, 1.54) is 23.3 Å². The van der Waals surface area contributed by atoms with Gasteiger partial charge in [0.1, 0.15) is 11.1 Å². The van der Waals surface area contributed by atoms with E-state index in [9.17, 15) is 19.6 Å². The van der Waals surface area contributed by atoms with Gasteiger partial charge in [-0.15, -0.1) is 11.3 Å². The third-order valence-electron chi connectivity index (χ3n) is 5.81. The first-order chi connectivity index (χ1) is 16.3. The van der Waals surface area contributed by atoms with Crippen LogP contribution in [0, 0.1) is 25.2 Å². The summed E-state index contributed by atoms with van der Waals surface area (Å²) >= 11 is 2.48. The Balaban J connectivity index is 1.84. The molecule has 1 aromatic heterocycles. The number of hydrogen-bond donors (Lipinski definition) is 2. The van der Waals surface area contributed by atoms with E-state index in [1.807, 2.05) is 43.5 Å². The number of methoxy groups -OCH3 is 1. The number of thiophene rings is 1. The number of rotatable bonds is 5. The summed E-state index contributed by atoms with van der Waals surface area (Å²) in [6.07, 6.45) is -0.176. The molecule has 4 rings (SSSR count). The van der Waals surface area contributed by atoms with E-state index >= 15 is 0 Å². The maximum absolute atomic E-state index is 13.7. The van der Waals surface area contributed by atoms with Crippen molar-refractivity contribution in [1.82, 2.24) is 4.90 Å². The molecule has 10 heteroatoms. The summed E-state index contributed by atoms with van der Waals surface area (Å²) < 4.78 is 4.72. The van der Waals surface area contributed by atoms with Crippen LogP contribution in [0.2, 0.25) is 0 Å². The lowest BCUT2D eigenvalue weighted by Crippen LogP contribution is -2.39. The zero-order chi connectivity index (χ0) is 24.6. The maximum atomic E-state index is 13.7. The molecule has 2 atom stereocenters. The van der Waals surface area contributed by atoms with Crippen LogP contribution < -0.4 is 11.1 Å². The van der Waals surface area contributed by atoms with Gasteiger partial charge in [-0.3, -0.25) is 19.3 Å². The van der Waals surface area contributed by atoms with Gasteiger partial charge in [-0.05, 0) is 48.6 Å². The number of nitrogens with one attached hydrogen (secondary N) is 1. The third-order valence-corrected chi connectivity index (χ3v) is 8.03. The smallest absolute Gasteiger partial charge is 0.307 e. The zero-order valence-corrected chi connectivity index (χ0v) is 20.4. The molecule has 2 aliphatic heterocycles. The molecular weight excluding hydrogens is 472 g/mol. The molecule has 0 radical (unpaired) electrons. The number of aryl methyl sites for hydroxylation is 2. The topological polar surface area (TPSA) is 126 Å². The normalized spacial score (nSPS) is 19.7. The van der Waals surface area contributed by atoms with Crippen LogP contribution in [-0.2, 0) is 19.1 Å². The molecule has 3 heterocycles. The summed E-state index contributed by atoms with van der Waals surface area (Å²) in [5.74, 6) is -2.22. The number of nitrogens with zero attached hydrogens (tertiary/aromatic N) is 2. The number of allylic oxidation sites excluding steroid dienone is 1. The summed E-state index contributed by atoms with van der Waals surface area (Å²) in [5, 5.41) is 14.3. The molecule has 3 N–H and O–H groups in total. The lowest BCUT2D eigenvalue weighted by molar-refractivity contribution is -0.142. The van der Waals surface area contributed by atoms with E-state index in [2.05, 4.69) is 11.4 Å². The maximum Gasteiger partial charge on any atom is 0.307 e. The fraction of sp³-hybridized carbons (Fsp3) is 0.250. The minimum absolute atomic E-state index is 0.0245. The summed E-state index contributed by atoms with van der Waals surface area (Å²) in [6, 6.07) is 11.3. The molecule has 1 aromatic carbocycles. The van der Waals surface area contributed by atoms with Gasteiger partial charge >= 0.3 is 5.97 Å². The number of fused-ring (bicyclic) bond motifs is 1. The lowest BCUT2D eigenvalue weighted by Gasteiger charge is -2.31. The first-order valence-corrected chi connectivity index (χ1v) is 12.2. The minimum Gasteiger partial charge on any atom is -0.469 e. The van der Waals surface area contributed by atoms with Crippen LogP contribution in [0.4, 0.5) is 5.69 Å². The average molecular weight is 495 g/mol. The quantitative estimate of drug-likeness (QED) is 0.609. The van der Waals surface area contributed by atoms with E-state index in [-0.39, 0.29) is 23.4 Å². The molecule has 0 bridgehead atoms. The molecule has 174 valence electrons. The SMILES string of the molecule is COC(=O)C[C@H]1SC2=C(C(=O)Nc3ccc(C)c(C)c3)[C@H](c3cccs3)C(C#N)=C(N)N2C1=O. The summed E-state index contributed by atoms with van der Waals surface area (Å²) in [6.45, 7) is 3.93. The van der Waals surface area contributed by atoms with Crippen molar-refractivity contribution >= 4 is 46.6 Å². The van der Waals surface area contributed by atoms with Crippen LogP contribution in [0.3, 0.4) is 0 Å². The van der Waals surface area contributed by atoms with Crippen molar-refractivity contribution < 1.29 is 19.1 Å². The minimum atomic E-state index is -0.813. The highest BCUT2D eigenvalue weighted by Gasteiger charge is 2.48. The Labute approximate surface area is 205 Å². The number of anilines is 1. The Morgan fingerprint density at radius 1 is 1.26 bits per heavy atom. The summed E-state index contributed by atoms with van der Waals surface area (Å²) in [4.78, 5) is 40.7. The molecule has 34 heavy (non-hydrogen) atoms. The number of carbonyl (C=O) groups excluding carboxylic acids is 3. The van der Waals surface area contributed by atoms with Crippen LogP contribution in [-0.4, -0.2) is 35.0 Å². The summed E-state index contributed by atoms with van der Waals surface area (Å²) in [7, 11) is 1.25. The molecule has 2 aromatic rings. The molecule has 2 aliphatic rings. The van der Waals surface area contributed by atoms with Crippen LogP contribution in [0.15, 0.2) is 57.7 Å². The van der Waals surface area contributed by atoms with Crippen LogP contribution in [0.1, 0.15) is 28.3 Å². The molecule has 2 amide bonds. The highest BCUT2D eigenvalue weighted by Crippen LogP contribution is 2.50. The number of carbonyl (C=O) groups is 3. The Morgan fingerprint density at radius 3 is 2.65 bits per heavy atom. The standard InChI is InChI=1S/C24H22N4O4S2/c1-12-6-7-14(9-13(12)2)27-22(30)20-19(16-5-4-8-33-16)15(11-25)21(26)28-23(31)17(34-24(20)28)10-18(29)32-3/h4-9,17,19H,10,26H2,1-3H3,(H,27,30)/t17-,19+/m1/s1.